The SMILES string of the molecule is CCNC1CCCc2ccc(OCC(C)(C)C(=O)O)cc21. The summed E-state index contributed by atoms with van der Waals surface area (Å²) in [4.78, 5) is 11.1. The molecular formula is C17H25NO3. The van der Waals surface area contributed by atoms with E-state index in [-0.39, 0.29) is 6.61 Å². The van der Waals surface area contributed by atoms with Gasteiger partial charge in [0.25, 0.3) is 0 Å². The van der Waals surface area contributed by atoms with E-state index in [1.54, 1.807) is 13.8 Å². The van der Waals surface area contributed by atoms with Crippen LogP contribution in [0.25, 0.3) is 0 Å². The summed E-state index contributed by atoms with van der Waals surface area (Å²) >= 11 is 0. The number of carbonyl (C=O) groups is 1. The molecule has 0 amide bonds. The zero-order valence-corrected chi connectivity index (χ0v) is 13.1. The monoisotopic (exact) mass is 291 g/mol. The zero-order valence-electron chi connectivity index (χ0n) is 13.1. The number of rotatable bonds is 6. The van der Waals surface area contributed by atoms with E-state index in [9.17, 15) is 4.79 Å². The second kappa shape index (κ2) is 6.48. The van der Waals surface area contributed by atoms with Gasteiger partial charge in [-0.05, 0) is 62.9 Å². The fourth-order valence-corrected chi connectivity index (χ4v) is 2.65. The van der Waals surface area contributed by atoms with Gasteiger partial charge < -0.3 is 15.2 Å². The minimum absolute atomic E-state index is 0.174. The standard InChI is InChI=1S/C17H25NO3/c1-4-18-15-7-5-6-12-8-9-13(10-14(12)15)21-11-17(2,3)16(19)20/h8-10,15,18H,4-7,11H2,1-3H3,(H,19,20). The first kappa shape index (κ1) is 15.8. The smallest absolute Gasteiger partial charge is 0.312 e. The van der Waals surface area contributed by atoms with Gasteiger partial charge in [-0.25, -0.2) is 0 Å². The molecule has 0 fully saturated rings. The highest BCUT2D eigenvalue weighted by molar-refractivity contribution is 5.73. The molecule has 0 bridgehead atoms. The van der Waals surface area contributed by atoms with Gasteiger partial charge in [-0.3, -0.25) is 4.79 Å². The van der Waals surface area contributed by atoms with Gasteiger partial charge in [0.1, 0.15) is 12.4 Å². The molecule has 0 saturated heterocycles. The van der Waals surface area contributed by atoms with Crippen LogP contribution in [0.15, 0.2) is 18.2 Å². The van der Waals surface area contributed by atoms with Crippen molar-refractivity contribution in [3.05, 3.63) is 29.3 Å². The van der Waals surface area contributed by atoms with Crippen molar-refractivity contribution in [2.45, 2.75) is 46.1 Å². The van der Waals surface area contributed by atoms with Crippen LogP contribution in [-0.2, 0) is 11.2 Å². The molecule has 0 spiro atoms. The molecule has 0 saturated carbocycles. The second-order valence-corrected chi connectivity index (χ2v) is 6.34. The van der Waals surface area contributed by atoms with Gasteiger partial charge in [0.2, 0.25) is 0 Å². The van der Waals surface area contributed by atoms with Gasteiger partial charge >= 0.3 is 5.97 Å². The Bertz CT molecular complexity index is 511. The van der Waals surface area contributed by atoms with E-state index in [4.69, 9.17) is 9.84 Å². The average Bonchev–Trinajstić information content (AvgIpc) is 2.46. The highest BCUT2D eigenvalue weighted by Gasteiger charge is 2.28. The minimum atomic E-state index is -0.878. The fourth-order valence-electron chi connectivity index (χ4n) is 2.65. The molecule has 1 unspecified atom stereocenters. The molecule has 0 radical (unpaired) electrons. The maximum Gasteiger partial charge on any atom is 0.312 e. The summed E-state index contributed by atoms with van der Waals surface area (Å²) in [5, 5.41) is 12.6. The third-order valence-corrected chi connectivity index (χ3v) is 4.06. The normalized spacial score (nSPS) is 18.1. The van der Waals surface area contributed by atoms with E-state index in [0.29, 0.717) is 6.04 Å². The molecule has 116 valence electrons. The molecule has 2 rings (SSSR count). The van der Waals surface area contributed by atoms with Crippen molar-refractivity contribution in [2.24, 2.45) is 5.41 Å². The number of hydrogen-bond donors (Lipinski definition) is 2. The van der Waals surface area contributed by atoms with Crippen LogP contribution in [0.3, 0.4) is 0 Å². The molecule has 0 heterocycles. The van der Waals surface area contributed by atoms with Crippen molar-refractivity contribution in [3.63, 3.8) is 0 Å². The van der Waals surface area contributed by atoms with Crippen molar-refractivity contribution in [1.82, 2.24) is 5.32 Å². The Hall–Kier alpha value is -1.55. The highest BCUT2D eigenvalue weighted by atomic mass is 16.5. The summed E-state index contributed by atoms with van der Waals surface area (Å²) in [6.07, 6.45) is 3.46. The Balaban J connectivity index is 2.12. The number of carboxylic acid groups (broad SMARTS) is 1. The maximum absolute atomic E-state index is 11.1. The van der Waals surface area contributed by atoms with Gasteiger partial charge in [0.05, 0.1) is 5.41 Å². The summed E-state index contributed by atoms with van der Waals surface area (Å²) < 4.78 is 5.72. The van der Waals surface area contributed by atoms with Crippen molar-refractivity contribution in [1.29, 1.82) is 0 Å². The minimum Gasteiger partial charge on any atom is -0.492 e. The van der Waals surface area contributed by atoms with Crippen molar-refractivity contribution in [2.75, 3.05) is 13.2 Å². The lowest BCUT2D eigenvalue weighted by molar-refractivity contribution is -0.148. The summed E-state index contributed by atoms with van der Waals surface area (Å²) in [6.45, 7) is 6.59. The first-order valence-corrected chi connectivity index (χ1v) is 7.66. The van der Waals surface area contributed by atoms with Crippen molar-refractivity contribution >= 4 is 5.97 Å². The predicted octanol–water partition coefficient (Wildman–Crippen LogP) is 3.16. The van der Waals surface area contributed by atoms with E-state index in [0.717, 1.165) is 25.1 Å². The number of nitrogens with one attached hydrogen (secondary N) is 1. The third kappa shape index (κ3) is 3.76. The van der Waals surface area contributed by atoms with Crippen LogP contribution in [0.2, 0.25) is 0 Å². The van der Waals surface area contributed by atoms with Crippen LogP contribution in [0.4, 0.5) is 0 Å². The molecule has 4 nitrogen and oxygen atoms in total. The first-order valence-electron chi connectivity index (χ1n) is 7.66. The van der Waals surface area contributed by atoms with Crippen LogP contribution in [0, 0.1) is 5.41 Å². The van der Waals surface area contributed by atoms with Gasteiger partial charge in [-0.1, -0.05) is 13.0 Å². The largest absolute Gasteiger partial charge is 0.492 e. The number of ether oxygens (including phenoxy) is 1. The lowest BCUT2D eigenvalue weighted by atomic mass is 9.87. The highest BCUT2D eigenvalue weighted by Crippen LogP contribution is 2.32. The first-order chi connectivity index (χ1) is 9.94. The summed E-state index contributed by atoms with van der Waals surface area (Å²) in [7, 11) is 0. The molecule has 1 aliphatic rings. The Labute approximate surface area is 126 Å². The van der Waals surface area contributed by atoms with Gasteiger partial charge in [-0.2, -0.15) is 0 Å². The molecule has 1 aliphatic carbocycles. The number of fused-ring (bicyclic) bond motifs is 1. The average molecular weight is 291 g/mol. The Morgan fingerprint density at radius 2 is 2.24 bits per heavy atom. The number of hydrogen-bond acceptors (Lipinski definition) is 3. The maximum atomic E-state index is 11.1. The molecule has 4 heteroatoms. The molecule has 1 atom stereocenters. The Morgan fingerprint density at radius 3 is 2.90 bits per heavy atom. The molecule has 0 aromatic heterocycles. The van der Waals surface area contributed by atoms with Crippen LogP contribution < -0.4 is 10.1 Å². The predicted molar refractivity (Wildman–Crippen MR) is 82.7 cm³/mol. The summed E-state index contributed by atoms with van der Waals surface area (Å²) in [6, 6.07) is 6.52. The number of benzene rings is 1. The van der Waals surface area contributed by atoms with Gasteiger partial charge in [0, 0.05) is 6.04 Å². The number of aryl methyl sites for hydroxylation is 1. The van der Waals surface area contributed by atoms with Gasteiger partial charge in [-0.15, -0.1) is 0 Å². The van der Waals surface area contributed by atoms with Crippen LogP contribution >= 0.6 is 0 Å². The quantitative estimate of drug-likeness (QED) is 0.845. The van der Waals surface area contributed by atoms with E-state index in [1.165, 1.54) is 17.5 Å². The number of aliphatic carboxylic acids is 1. The van der Waals surface area contributed by atoms with E-state index >= 15 is 0 Å². The zero-order chi connectivity index (χ0) is 15.5. The molecule has 0 aliphatic heterocycles. The second-order valence-electron chi connectivity index (χ2n) is 6.34. The van der Waals surface area contributed by atoms with Crippen molar-refractivity contribution in [3.8, 4) is 5.75 Å². The molecular weight excluding hydrogens is 266 g/mol. The van der Waals surface area contributed by atoms with Gasteiger partial charge in [0.15, 0.2) is 0 Å². The molecule has 21 heavy (non-hydrogen) atoms. The van der Waals surface area contributed by atoms with Crippen LogP contribution in [0.1, 0.15) is 50.8 Å². The van der Waals surface area contributed by atoms with Crippen molar-refractivity contribution < 1.29 is 14.6 Å². The fraction of sp³-hybridized carbons (Fsp3) is 0.588. The molecule has 1 aromatic rings. The Morgan fingerprint density at radius 1 is 1.48 bits per heavy atom. The molecule has 1 aromatic carbocycles. The number of carboxylic acids is 1. The Kier molecular flexibility index (Phi) is 4.88. The van der Waals surface area contributed by atoms with E-state index in [1.807, 2.05) is 6.07 Å². The van der Waals surface area contributed by atoms with E-state index < -0.39 is 11.4 Å². The lowest BCUT2D eigenvalue weighted by Crippen LogP contribution is -2.30. The molecule has 2 N–H and O–H groups in total. The van der Waals surface area contributed by atoms with Crippen LogP contribution in [-0.4, -0.2) is 24.2 Å². The summed E-state index contributed by atoms with van der Waals surface area (Å²) in [5.74, 6) is -0.0844. The topological polar surface area (TPSA) is 58.6 Å². The lowest BCUT2D eigenvalue weighted by Gasteiger charge is -2.27. The third-order valence-electron chi connectivity index (χ3n) is 4.06. The summed E-state index contributed by atoms with van der Waals surface area (Å²) in [5.41, 5.74) is 1.79. The van der Waals surface area contributed by atoms with Crippen LogP contribution in [0.5, 0.6) is 5.75 Å². The van der Waals surface area contributed by atoms with E-state index in [2.05, 4.69) is 24.4 Å².